The monoisotopic (exact) mass is 277 g/mol. The predicted octanol–water partition coefficient (Wildman–Crippen LogP) is 1.65. The van der Waals surface area contributed by atoms with Gasteiger partial charge < -0.3 is 15.1 Å². The molecule has 5 nitrogen and oxygen atoms in total. The van der Waals surface area contributed by atoms with Gasteiger partial charge in [-0.1, -0.05) is 12.1 Å². The molecule has 1 aromatic rings. The van der Waals surface area contributed by atoms with Crippen molar-refractivity contribution in [1.29, 1.82) is 0 Å². The van der Waals surface area contributed by atoms with Crippen LogP contribution in [0.25, 0.3) is 0 Å². The van der Waals surface area contributed by atoms with Crippen LogP contribution < -0.4 is 0 Å². The van der Waals surface area contributed by atoms with E-state index in [1.54, 1.807) is 36.1 Å². The van der Waals surface area contributed by atoms with Gasteiger partial charge >= 0.3 is 5.97 Å². The Morgan fingerprint density at radius 2 is 1.95 bits per heavy atom. The normalized spacial score (nSPS) is 17.8. The maximum absolute atomic E-state index is 12.2. The van der Waals surface area contributed by atoms with Crippen molar-refractivity contribution in [2.45, 2.75) is 26.2 Å². The van der Waals surface area contributed by atoms with Crippen LogP contribution in [0.1, 0.15) is 25.3 Å². The van der Waals surface area contributed by atoms with Gasteiger partial charge in [0.05, 0.1) is 11.8 Å². The molecule has 0 saturated carbocycles. The summed E-state index contributed by atoms with van der Waals surface area (Å²) in [5.41, 5.74) is 0.0449. The number of phenolic OH excluding ortho intramolecular Hbond substituents is 1. The number of aliphatic carboxylic acids is 1. The predicted molar refractivity (Wildman–Crippen MR) is 73.4 cm³/mol. The van der Waals surface area contributed by atoms with E-state index in [0.717, 1.165) is 5.56 Å². The summed E-state index contributed by atoms with van der Waals surface area (Å²) in [5.74, 6) is -0.673. The van der Waals surface area contributed by atoms with Crippen molar-refractivity contribution in [3.05, 3.63) is 29.8 Å². The lowest BCUT2D eigenvalue weighted by Crippen LogP contribution is -2.45. The zero-order chi connectivity index (χ0) is 14.8. The summed E-state index contributed by atoms with van der Waals surface area (Å²) < 4.78 is 0. The number of carboxylic acid groups (broad SMARTS) is 1. The largest absolute Gasteiger partial charge is 0.508 e. The molecule has 5 heteroatoms. The first-order valence-electron chi connectivity index (χ1n) is 6.70. The molecule has 0 aliphatic carbocycles. The van der Waals surface area contributed by atoms with Crippen molar-refractivity contribution < 1.29 is 19.8 Å². The molecule has 20 heavy (non-hydrogen) atoms. The number of rotatable bonds is 3. The van der Waals surface area contributed by atoms with Gasteiger partial charge in [0.2, 0.25) is 5.91 Å². The SMILES string of the molecule is CC1(C(=O)O)CCN(C(=O)Cc2cccc(O)c2)CC1. The van der Waals surface area contributed by atoms with Crippen molar-refractivity contribution in [3.63, 3.8) is 0 Å². The van der Waals surface area contributed by atoms with Crippen molar-refractivity contribution >= 4 is 11.9 Å². The molecule has 0 spiro atoms. The van der Waals surface area contributed by atoms with Crippen LogP contribution in [0.2, 0.25) is 0 Å². The fourth-order valence-electron chi connectivity index (χ4n) is 2.42. The molecule has 0 radical (unpaired) electrons. The number of likely N-dealkylation sites (tertiary alicyclic amines) is 1. The highest BCUT2D eigenvalue weighted by molar-refractivity contribution is 5.80. The van der Waals surface area contributed by atoms with Gasteiger partial charge in [-0.15, -0.1) is 0 Å². The number of nitrogens with zero attached hydrogens (tertiary/aromatic N) is 1. The van der Waals surface area contributed by atoms with Crippen LogP contribution >= 0.6 is 0 Å². The summed E-state index contributed by atoms with van der Waals surface area (Å²) in [7, 11) is 0. The molecule has 0 aromatic heterocycles. The molecule has 1 aliphatic heterocycles. The Hall–Kier alpha value is -2.04. The minimum atomic E-state index is -0.794. The highest BCUT2D eigenvalue weighted by Gasteiger charge is 2.37. The molecule has 1 aromatic carbocycles. The molecule has 1 saturated heterocycles. The zero-order valence-electron chi connectivity index (χ0n) is 11.5. The van der Waals surface area contributed by atoms with Gasteiger partial charge in [0.25, 0.3) is 0 Å². The summed E-state index contributed by atoms with van der Waals surface area (Å²) in [6, 6.07) is 6.63. The average Bonchev–Trinajstić information content (AvgIpc) is 2.39. The van der Waals surface area contributed by atoms with Crippen molar-refractivity contribution in [3.8, 4) is 5.75 Å². The summed E-state index contributed by atoms with van der Waals surface area (Å²) in [4.78, 5) is 25.0. The summed E-state index contributed by atoms with van der Waals surface area (Å²) in [5, 5.41) is 18.5. The average molecular weight is 277 g/mol. The maximum Gasteiger partial charge on any atom is 0.309 e. The molecule has 0 bridgehead atoms. The van der Waals surface area contributed by atoms with Gasteiger partial charge in [0.15, 0.2) is 0 Å². The Bertz CT molecular complexity index is 518. The van der Waals surface area contributed by atoms with E-state index >= 15 is 0 Å². The smallest absolute Gasteiger partial charge is 0.309 e. The highest BCUT2D eigenvalue weighted by atomic mass is 16.4. The number of benzene rings is 1. The molecular weight excluding hydrogens is 258 g/mol. The standard InChI is InChI=1S/C15H19NO4/c1-15(14(19)20)5-7-16(8-6-15)13(18)10-11-3-2-4-12(17)9-11/h2-4,9,17H,5-8,10H2,1H3,(H,19,20). The van der Waals surface area contributed by atoms with E-state index in [1.165, 1.54) is 0 Å². The third-order valence-corrected chi connectivity index (χ3v) is 4.00. The van der Waals surface area contributed by atoms with Gasteiger partial charge in [-0.2, -0.15) is 0 Å². The van der Waals surface area contributed by atoms with Crippen LogP contribution in [0.5, 0.6) is 5.75 Å². The number of piperidine rings is 1. The number of phenols is 1. The number of carboxylic acids is 1. The van der Waals surface area contributed by atoms with E-state index in [4.69, 9.17) is 5.11 Å². The highest BCUT2D eigenvalue weighted by Crippen LogP contribution is 2.31. The fraction of sp³-hybridized carbons (Fsp3) is 0.467. The second-order valence-electron chi connectivity index (χ2n) is 5.59. The second kappa shape index (κ2) is 5.53. The van der Waals surface area contributed by atoms with Gasteiger partial charge in [0, 0.05) is 13.1 Å². The third-order valence-electron chi connectivity index (χ3n) is 4.00. The van der Waals surface area contributed by atoms with Crippen molar-refractivity contribution in [2.24, 2.45) is 5.41 Å². The van der Waals surface area contributed by atoms with Crippen molar-refractivity contribution in [1.82, 2.24) is 4.90 Å². The van der Waals surface area contributed by atoms with Crippen molar-refractivity contribution in [2.75, 3.05) is 13.1 Å². The molecule has 1 heterocycles. The van der Waals surface area contributed by atoms with E-state index in [1.807, 2.05) is 0 Å². The molecule has 108 valence electrons. The van der Waals surface area contributed by atoms with E-state index in [0.29, 0.717) is 25.9 Å². The number of hydrogen-bond acceptors (Lipinski definition) is 3. The number of amides is 1. The van der Waals surface area contributed by atoms with Crippen LogP contribution in [-0.4, -0.2) is 40.1 Å². The quantitative estimate of drug-likeness (QED) is 0.880. The van der Waals surface area contributed by atoms with E-state index in [9.17, 15) is 14.7 Å². The zero-order valence-corrected chi connectivity index (χ0v) is 11.5. The second-order valence-corrected chi connectivity index (χ2v) is 5.59. The van der Waals surface area contributed by atoms with Gasteiger partial charge in [-0.25, -0.2) is 0 Å². The minimum Gasteiger partial charge on any atom is -0.508 e. The Balaban J connectivity index is 1.94. The number of aromatic hydroxyl groups is 1. The Labute approximate surface area is 117 Å². The maximum atomic E-state index is 12.2. The number of carbonyl (C=O) groups is 2. The molecule has 1 aliphatic rings. The lowest BCUT2D eigenvalue weighted by atomic mass is 9.80. The Kier molecular flexibility index (Phi) is 3.97. The summed E-state index contributed by atoms with van der Waals surface area (Å²) in [6.45, 7) is 2.67. The molecular formula is C15H19NO4. The van der Waals surface area contributed by atoms with Crippen LogP contribution in [0.4, 0.5) is 0 Å². The fourth-order valence-corrected chi connectivity index (χ4v) is 2.42. The van der Waals surface area contributed by atoms with Gasteiger partial charge in [-0.05, 0) is 37.5 Å². The van der Waals surface area contributed by atoms with E-state index in [-0.39, 0.29) is 18.1 Å². The molecule has 0 atom stereocenters. The van der Waals surface area contributed by atoms with Gasteiger partial charge in [-0.3, -0.25) is 9.59 Å². The molecule has 2 N–H and O–H groups in total. The first kappa shape index (κ1) is 14.4. The Morgan fingerprint density at radius 1 is 1.30 bits per heavy atom. The van der Waals surface area contributed by atoms with E-state index < -0.39 is 11.4 Å². The minimum absolute atomic E-state index is 0.0250. The topological polar surface area (TPSA) is 77.8 Å². The molecule has 1 fully saturated rings. The molecule has 0 unspecified atom stereocenters. The van der Waals surface area contributed by atoms with E-state index in [2.05, 4.69) is 0 Å². The lowest BCUT2D eigenvalue weighted by molar-refractivity contribution is -0.152. The third kappa shape index (κ3) is 3.10. The van der Waals surface area contributed by atoms with Crippen LogP contribution in [0, 0.1) is 5.41 Å². The number of carbonyl (C=O) groups excluding carboxylic acids is 1. The molecule has 2 rings (SSSR count). The first-order chi connectivity index (χ1) is 9.40. The van der Waals surface area contributed by atoms with Crippen LogP contribution in [0.15, 0.2) is 24.3 Å². The van der Waals surface area contributed by atoms with Crippen LogP contribution in [0.3, 0.4) is 0 Å². The molecule has 1 amide bonds. The van der Waals surface area contributed by atoms with Crippen LogP contribution in [-0.2, 0) is 16.0 Å². The lowest BCUT2D eigenvalue weighted by Gasteiger charge is -2.36. The van der Waals surface area contributed by atoms with Gasteiger partial charge in [0.1, 0.15) is 5.75 Å². The summed E-state index contributed by atoms with van der Waals surface area (Å²) in [6.07, 6.45) is 1.19. The number of hydrogen-bond donors (Lipinski definition) is 2. The Morgan fingerprint density at radius 3 is 2.50 bits per heavy atom. The summed E-state index contributed by atoms with van der Waals surface area (Å²) >= 11 is 0. The first-order valence-corrected chi connectivity index (χ1v) is 6.70.